The zero-order valence-corrected chi connectivity index (χ0v) is 12.5. The minimum Gasteiger partial charge on any atom is -0.487 e. The van der Waals surface area contributed by atoms with E-state index in [-0.39, 0.29) is 5.91 Å². The number of ether oxygens (including phenoxy) is 1. The van der Waals surface area contributed by atoms with Crippen LogP contribution in [0.3, 0.4) is 0 Å². The molecule has 1 N–H and O–H groups in total. The number of para-hydroxylation sites is 1. The molecule has 0 fully saturated rings. The molecule has 0 saturated carbocycles. The molecule has 110 valence electrons. The lowest BCUT2D eigenvalue weighted by atomic mass is 10.2. The molecule has 1 aromatic heterocycles. The van der Waals surface area contributed by atoms with Gasteiger partial charge in [-0.1, -0.05) is 18.2 Å². The van der Waals surface area contributed by atoms with Crippen LogP contribution in [-0.4, -0.2) is 10.9 Å². The second-order valence-corrected chi connectivity index (χ2v) is 5.33. The molecule has 0 saturated heterocycles. The van der Waals surface area contributed by atoms with Crippen molar-refractivity contribution in [2.24, 2.45) is 0 Å². The van der Waals surface area contributed by atoms with Gasteiger partial charge in [-0.2, -0.15) is 0 Å². The van der Waals surface area contributed by atoms with Gasteiger partial charge in [0.1, 0.15) is 12.4 Å². The number of anilines is 1. The van der Waals surface area contributed by atoms with Crippen LogP contribution in [0.5, 0.6) is 5.75 Å². The number of hydrogen-bond donors (Lipinski definition) is 1. The predicted octanol–water partition coefficient (Wildman–Crippen LogP) is 3.97. The lowest BCUT2D eigenvalue weighted by Gasteiger charge is -2.07. The first-order valence-corrected chi connectivity index (χ1v) is 7.72. The van der Waals surface area contributed by atoms with E-state index in [2.05, 4.69) is 10.3 Å². The van der Waals surface area contributed by atoms with Crippen LogP contribution >= 0.6 is 11.3 Å². The van der Waals surface area contributed by atoms with E-state index in [1.54, 1.807) is 29.8 Å². The van der Waals surface area contributed by atoms with E-state index in [1.807, 2.05) is 35.7 Å². The molecule has 2 aromatic carbocycles. The Morgan fingerprint density at radius 2 is 1.86 bits per heavy atom. The minimum absolute atomic E-state index is 0.141. The maximum absolute atomic E-state index is 12.1. The summed E-state index contributed by atoms with van der Waals surface area (Å²) < 4.78 is 5.62. The highest BCUT2D eigenvalue weighted by Crippen LogP contribution is 2.15. The molecule has 3 rings (SSSR count). The average molecular weight is 310 g/mol. The fraction of sp³-hybridized carbons (Fsp3) is 0.0588. The Morgan fingerprint density at radius 1 is 1.09 bits per heavy atom. The van der Waals surface area contributed by atoms with Gasteiger partial charge in [-0.3, -0.25) is 4.79 Å². The summed E-state index contributed by atoms with van der Waals surface area (Å²) in [5, 5.41) is 4.79. The zero-order chi connectivity index (χ0) is 15.2. The molecule has 0 spiro atoms. The van der Waals surface area contributed by atoms with Crippen LogP contribution in [0.25, 0.3) is 0 Å². The predicted molar refractivity (Wildman–Crippen MR) is 87.3 cm³/mol. The van der Waals surface area contributed by atoms with Gasteiger partial charge in [0.15, 0.2) is 0 Å². The highest BCUT2D eigenvalue weighted by Gasteiger charge is 2.06. The molecule has 0 aliphatic rings. The third-order valence-corrected chi connectivity index (χ3v) is 3.65. The van der Waals surface area contributed by atoms with Gasteiger partial charge in [-0.05, 0) is 36.4 Å². The quantitative estimate of drug-likeness (QED) is 0.775. The van der Waals surface area contributed by atoms with E-state index in [4.69, 9.17) is 4.74 Å². The van der Waals surface area contributed by atoms with Crippen LogP contribution < -0.4 is 10.1 Å². The van der Waals surface area contributed by atoms with E-state index in [1.165, 1.54) is 11.3 Å². The highest BCUT2D eigenvalue weighted by atomic mass is 32.1. The van der Waals surface area contributed by atoms with Crippen LogP contribution in [0, 0.1) is 0 Å². The Hall–Kier alpha value is -2.66. The highest BCUT2D eigenvalue weighted by molar-refractivity contribution is 7.07. The summed E-state index contributed by atoms with van der Waals surface area (Å²) in [4.78, 5) is 16.3. The number of nitrogens with one attached hydrogen (secondary N) is 1. The van der Waals surface area contributed by atoms with Crippen molar-refractivity contribution in [3.8, 4) is 5.75 Å². The zero-order valence-electron chi connectivity index (χ0n) is 11.7. The summed E-state index contributed by atoms with van der Waals surface area (Å²) in [5.41, 5.74) is 4.03. The first kappa shape index (κ1) is 14.3. The van der Waals surface area contributed by atoms with Gasteiger partial charge < -0.3 is 10.1 Å². The summed E-state index contributed by atoms with van der Waals surface area (Å²) in [5.74, 6) is 0.571. The average Bonchev–Trinajstić information content (AvgIpc) is 3.08. The lowest BCUT2D eigenvalue weighted by Crippen LogP contribution is -2.11. The van der Waals surface area contributed by atoms with Gasteiger partial charge in [0.05, 0.1) is 11.2 Å². The number of nitrogens with zero attached hydrogens (tertiary/aromatic N) is 1. The van der Waals surface area contributed by atoms with Crippen LogP contribution in [0.15, 0.2) is 65.5 Å². The van der Waals surface area contributed by atoms with Crippen molar-refractivity contribution in [3.05, 3.63) is 76.7 Å². The number of hydrogen-bond acceptors (Lipinski definition) is 4. The van der Waals surface area contributed by atoms with Crippen LogP contribution in [0.2, 0.25) is 0 Å². The van der Waals surface area contributed by atoms with E-state index >= 15 is 0 Å². The maximum atomic E-state index is 12.1. The smallest absolute Gasteiger partial charge is 0.255 e. The Morgan fingerprint density at radius 3 is 2.55 bits per heavy atom. The molecule has 1 heterocycles. The summed E-state index contributed by atoms with van der Waals surface area (Å²) in [6.45, 7) is 0.430. The van der Waals surface area contributed by atoms with E-state index in [0.29, 0.717) is 17.9 Å². The van der Waals surface area contributed by atoms with Crippen molar-refractivity contribution in [3.63, 3.8) is 0 Å². The van der Waals surface area contributed by atoms with E-state index < -0.39 is 0 Å². The largest absolute Gasteiger partial charge is 0.487 e. The molecular formula is C17H14N2O2S. The molecule has 4 nitrogen and oxygen atoms in total. The number of amides is 1. The number of rotatable bonds is 5. The molecular weight excluding hydrogens is 296 g/mol. The van der Waals surface area contributed by atoms with Gasteiger partial charge in [0.25, 0.3) is 5.91 Å². The third-order valence-electron chi connectivity index (χ3n) is 3.02. The Bertz CT molecular complexity index is 725. The number of carbonyl (C=O) groups excluding carboxylic acids is 1. The SMILES string of the molecule is O=C(Nc1ccccc1)c1ccc(OCc2cscn2)cc1. The summed E-state index contributed by atoms with van der Waals surface area (Å²) in [7, 11) is 0. The fourth-order valence-corrected chi connectivity index (χ4v) is 2.44. The van der Waals surface area contributed by atoms with Crippen molar-refractivity contribution in [2.45, 2.75) is 6.61 Å². The van der Waals surface area contributed by atoms with Crippen LogP contribution in [-0.2, 0) is 6.61 Å². The molecule has 0 unspecified atom stereocenters. The monoisotopic (exact) mass is 310 g/mol. The van der Waals surface area contributed by atoms with Crippen molar-refractivity contribution in [2.75, 3.05) is 5.32 Å². The van der Waals surface area contributed by atoms with Gasteiger partial charge in [-0.15, -0.1) is 11.3 Å². The second-order valence-electron chi connectivity index (χ2n) is 4.61. The number of benzene rings is 2. The molecule has 22 heavy (non-hydrogen) atoms. The van der Waals surface area contributed by atoms with Gasteiger partial charge in [0, 0.05) is 16.6 Å². The Balaban J connectivity index is 1.60. The standard InChI is InChI=1S/C17H14N2O2S/c20-17(19-14-4-2-1-3-5-14)13-6-8-16(9-7-13)21-10-15-11-22-12-18-15/h1-9,11-12H,10H2,(H,19,20). The molecule has 0 radical (unpaired) electrons. The summed E-state index contributed by atoms with van der Waals surface area (Å²) in [6, 6.07) is 16.4. The normalized spacial score (nSPS) is 10.2. The fourth-order valence-electron chi connectivity index (χ4n) is 1.89. The van der Waals surface area contributed by atoms with E-state index in [9.17, 15) is 4.79 Å². The lowest BCUT2D eigenvalue weighted by molar-refractivity contribution is 0.102. The van der Waals surface area contributed by atoms with Gasteiger partial charge >= 0.3 is 0 Å². The molecule has 0 bridgehead atoms. The molecule has 3 aromatic rings. The maximum Gasteiger partial charge on any atom is 0.255 e. The van der Waals surface area contributed by atoms with Gasteiger partial charge in [0.2, 0.25) is 0 Å². The first-order chi connectivity index (χ1) is 10.8. The van der Waals surface area contributed by atoms with Crippen LogP contribution in [0.1, 0.15) is 16.1 Å². The second kappa shape index (κ2) is 6.87. The first-order valence-electron chi connectivity index (χ1n) is 6.77. The summed E-state index contributed by atoms with van der Waals surface area (Å²) >= 11 is 1.54. The number of thiazole rings is 1. The molecule has 0 atom stereocenters. The van der Waals surface area contributed by atoms with Crippen LogP contribution in [0.4, 0.5) is 5.69 Å². The molecule has 0 aliphatic carbocycles. The number of aromatic nitrogens is 1. The topological polar surface area (TPSA) is 51.2 Å². The minimum atomic E-state index is -0.141. The summed E-state index contributed by atoms with van der Waals surface area (Å²) in [6.07, 6.45) is 0. The molecule has 5 heteroatoms. The van der Waals surface area contributed by atoms with Crippen molar-refractivity contribution >= 4 is 22.9 Å². The van der Waals surface area contributed by atoms with E-state index in [0.717, 1.165) is 11.4 Å². The van der Waals surface area contributed by atoms with Crippen molar-refractivity contribution in [1.82, 2.24) is 4.98 Å². The molecule has 1 amide bonds. The van der Waals surface area contributed by atoms with Crippen molar-refractivity contribution < 1.29 is 9.53 Å². The number of carbonyl (C=O) groups is 1. The van der Waals surface area contributed by atoms with Crippen molar-refractivity contribution in [1.29, 1.82) is 0 Å². The molecule has 0 aliphatic heterocycles. The Kier molecular flexibility index (Phi) is 4.46. The third kappa shape index (κ3) is 3.71. The van der Waals surface area contributed by atoms with Gasteiger partial charge in [-0.25, -0.2) is 4.98 Å². The Labute approximate surface area is 132 Å².